The van der Waals surface area contributed by atoms with Crippen molar-refractivity contribution >= 4 is 41.1 Å². The quantitative estimate of drug-likeness (QED) is 0.771. The van der Waals surface area contributed by atoms with Crippen LogP contribution < -0.4 is 10.6 Å². The summed E-state index contributed by atoms with van der Waals surface area (Å²) < 4.78 is 10.9. The van der Waals surface area contributed by atoms with Gasteiger partial charge in [0, 0.05) is 12.7 Å². The van der Waals surface area contributed by atoms with E-state index in [1.165, 1.54) is 36.2 Å². The summed E-state index contributed by atoms with van der Waals surface area (Å²) in [5.41, 5.74) is 0.544. The van der Waals surface area contributed by atoms with Crippen LogP contribution in [-0.4, -0.2) is 41.5 Å². The van der Waals surface area contributed by atoms with Crippen LogP contribution in [0.15, 0.2) is 24.4 Å². The molecule has 0 fully saturated rings. The normalized spacial score (nSPS) is 10.2. The zero-order valence-electron chi connectivity index (χ0n) is 14.3. The highest BCUT2D eigenvalue weighted by atomic mass is 35.5. The summed E-state index contributed by atoms with van der Waals surface area (Å²) in [6.45, 7) is 1.87. The Morgan fingerprint density at radius 3 is 2.58 bits per heavy atom. The van der Waals surface area contributed by atoms with Crippen LogP contribution in [0.1, 0.15) is 27.6 Å². The molecule has 0 saturated carbocycles. The number of hydrogen-bond acceptors (Lipinski definition) is 6. The maximum Gasteiger partial charge on any atom is 0.343 e. The van der Waals surface area contributed by atoms with E-state index in [0.717, 1.165) is 0 Å². The molecule has 138 valence electrons. The first kappa shape index (κ1) is 19.3. The molecule has 0 aliphatic heterocycles. The van der Waals surface area contributed by atoms with Crippen molar-refractivity contribution in [1.29, 1.82) is 0 Å². The Morgan fingerprint density at radius 2 is 1.92 bits per heavy atom. The van der Waals surface area contributed by atoms with Gasteiger partial charge in [-0.3, -0.25) is 10.00 Å². The summed E-state index contributed by atoms with van der Waals surface area (Å²) in [6.07, 6.45) is 1.30. The third-order valence-corrected chi connectivity index (χ3v) is 3.63. The molecule has 1 aromatic carbocycles. The molecule has 2 aromatic rings. The first-order valence-electron chi connectivity index (χ1n) is 7.52. The van der Waals surface area contributed by atoms with Crippen molar-refractivity contribution in [2.24, 2.45) is 7.05 Å². The average Bonchev–Trinajstić information content (AvgIpc) is 2.97. The number of halogens is 1. The number of rotatable bonds is 5. The molecule has 0 saturated heterocycles. The van der Waals surface area contributed by atoms with Gasteiger partial charge in [0.25, 0.3) is 0 Å². The highest BCUT2D eigenvalue weighted by molar-refractivity contribution is 6.33. The maximum absolute atomic E-state index is 12.2. The molecule has 26 heavy (non-hydrogen) atoms. The summed E-state index contributed by atoms with van der Waals surface area (Å²) in [5, 5.41) is 9.20. The van der Waals surface area contributed by atoms with Crippen molar-refractivity contribution in [2.45, 2.75) is 6.92 Å². The molecule has 1 heterocycles. The van der Waals surface area contributed by atoms with Crippen LogP contribution in [0, 0.1) is 0 Å². The predicted molar refractivity (Wildman–Crippen MR) is 94.6 cm³/mol. The maximum atomic E-state index is 12.2. The van der Waals surface area contributed by atoms with E-state index >= 15 is 0 Å². The second kappa shape index (κ2) is 8.34. The molecular weight excluding hydrogens is 364 g/mol. The molecule has 0 atom stereocenters. The van der Waals surface area contributed by atoms with Gasteiger partial charge in [0.2, 0.25) is 0 Å². The fourth-order valence-electron chi connectivity index (χ4n) is 2.08. The van der Waals surface area contributed by atoms with Crippen LogP contribution in [0.4, 0.5) is 16.3 Å². The minimum absolute atomic E-state index is 0.111. The van der Waals surface area contributed by atoms with Crippen molar-refractivity contribution in [1.82, 2.24) is 9.78 Å². The van der Waals surface area contributed by atoms with Gasteiger partial charge in [0.15, 0.2) is 0 Å². The lowest BCUT2D eigenvalue weighted by Crippen LogP contribution is -2.23. The number of urea groups is 1. The van der Waals surface area contributed by atoms with Gasteiger partial charge in [0.05, 0.1) is 30.5 Å². The van der Waals surface area contributed by atoms with E-state index in [0.29, 0.717) is 5.69 Å². The van der Waals surface area contributed by atoms with Gasteiger partial charge < -0.3 is 14.8 Å². The van der Waals surface area contributed by atoms with E-state index < -0.39 is 18.0 Å². The van der Waals surface area contributed by atoms with Crippen molar-refractivity contribution < 1.29 is 23.9 Å². The number of ether oxygens (including phenoxy) is 2. The van der Waals surface area contributed by atoms with Crippen LogP contribution in [0.25, 0.3) is 0 Å². The average molecular weight is 381 g/mol. The summed E-state index contributed by atoms with van der Waals surface area (Å²) in [5.74, 6) is -1.06. The second-order valence-electron chi connectivity index (χ2n) is 5.02. The molecule has 9 nitrogen and oxygen atoms in total. The number of carbonyl (C=O) groups excluding carboxylic acids is 3. The van der Waals surface area contributed by atoms with Crippen LogP contribution in [0.3, 0.4) is 0 Å². The number of benzene rings is 1. The van der Waals surface area contributed by atoms with E-state index in [1.807, 2.05) is 0 Å². The molecule has 2 rings (SSSR count). The van der Waals surface area contributed by atoms with Crippen molar-refractivity contribution in [2.75, 3.05) is 24.4 Å². The second-order valence-corrected chi connectivity index (χ2v) is 5.42. The van der Waals surface area contributed by atoms with E-state index in [1.54, 1.807) is 14.0 Å². The van der Waals surface area contributed by atoms with Crippen LogP contribution in [0.2, 0.25) is 5.02 Å². The van der Waals surface area contributed by atoms with Crippen LogP contribution in [-0.2, 0) is 16.5 Å². The van der Waals surface area contributed by atoms with Crippen LogP contribution >= 0.6 is 11.6 Å². The number of esters is 2. The minimum atomic E-state index is -0.641. The smallest absolute Gasteiger partial charge is 0.343 e. The lowest BCUT2D eigenvalue weighted by molar-refractivity contribution is 0.0526. The molecule has 2 N–H and O–H groups in total. The molecule has 0 radical (unpaired) electrons. The van der Waals surface area contributed by atoms with Gasteiger partial charge in [-0.05, 0) is 25.1 Å². The summed E-state index contributed by atoms with van der Waals surface area (Å²) >= 11 is 5.94. The number of amides is 2. The Hall–Kier alpha value is -3.07. The van der Waals surface area contributed by atoms with E-state index in [4.69, 9.17) is 16.3 Å². The molecule has 1 aromatic heterocycles. The van der Waals surface area contributed by atoms with Gasteiger partial charge in [-0.1, -0.05) is 11.6 Å². The molecule has 0 spiro atoms. The van der Waals surface area contributed by atoms with Crippen molar-refractivity contribution in [3.8, 4) is 0 Å². The number of nitrogens with one attached hydrogen (secondary N) is 2. The largest absolute Gasteiger partial charge is 0.465 e. The lowest BCUT2D eigenvalue weighted by Gasteiger charge is -2.11. The zero-order valence-corrected chi connectivity index (χ0v) is 15.1. The first-order chi connectivity index (χ1) is 12.4. The molecule has 2 amide bonds. The summed E-state index contributed by atoms with van der Waals surface area (Å²) in [6, 6.07) is 3.71. The van der Waals surface area contributed by atoms with E-state index in [9.17, 15) is 14.4 Å². The molecular formula is C16H17ClN4O5. The molecule has 0 bridgehead atoms. The third kappa shape index (κ3) is 4.31. The monoisotopic (exact) mass is 380 g/mol. The van der Waals surface area contributed by atoms with Gasteiger partial charge in [-0.2, -0.15) is 5.10 Å². The van der Waals surface area contributed by atoms with Crippen molar-refractivity contribution in [3.05, 3.63) is 40.5 Å². The number of aryl methyl sites for hydroxylation is 1. The minimum Gasteiger partial charge on any atom is -0.465 e. The molecule has 0 unspecified atom stereocenters. The zero-order chi connectivity index (χ0) is 19.3. The Morgan fingerprint density at radius 1 is 1.19 bits per heavy atom. The lowest BCUT2D eigenvalue weighted by atomic mass is 10.2. The Balaban J connectivity index is 2.16. The Labute approximate surface area is 154 Å². The molecule has 10 heteroatoms. The van der Waals surface area contributed by atoms with Crippen LogP contribution in [0.5, 0.6) is 0 Å². The fourth-order valence-corrected chi connectivity index (χ4v) is 2.28. The fraction of sp³-hybridized carbons (Fsp3) is 0.250. The van der Waals surface area contributed by atoms with Gasteiger partial charge >= 0.3 is 18.0 Å². The number of hydrogen-bond donors (Lipinski definition) is 2. The van der Waals surface area contributed by atoms with E-state index in [2.05, 4.69) is 20.5 Å². The topological polar surface area (TPSA) is 112 Å². The highest BCUT2D eigenvalue weighted by Crippen LogP contribution is 2.22. The SMILES string of the molecule is CCOC(=O)c1cnn(C)c1NC(=O)Nc1ccc(Cl)c(C(=O)OC)c1. The highest BCUT2D eigenvalue weighted by Gasteiger charge is 2.19. The van der Waals surface area contributed by atoms with Gasteiger partial charge in [-0.25, -0.2) is 14.4 Å². The predicted octanol–water partition coefficient (Wildman–Crippen LogP) is 2.68. The number of nitrogens with zero attached hydrogens (tertiary/aromatic N) is 2. The first-order valence-corrected chi connectivity index (χ1v) is 7.90. The number of aromatic nitrogens is 2. The summed E-state index contributed by atoms with van der Waals surface area (Å²) in [4.78, 5) is 35.8. The van der Waals surface area contributed by atoms with Crippen molar-refractivity contribution in [3.63, 3.8) is 0 Å². The Bertz CT molecular complexity index is 849. The number of anilines is 2. The van der Waals surface area contributed by atoms with Gasteiger partial charge in [-0.15, -0.1) is 0 Å². The van der Waals surface area contributed by atoms with E-state index in [-0.39, 0.29) is 28.6 Å². The third-order valence-electron chi connectivity index (χ3n) is 3.30. The Kier molecular flexibility index (Phi) is 6.18. The molecule has 0 aliphatic carbocycles. The summed E-state index contributed by atoms with van der Waals surface area (Å²) in [7, 11) is 2.79. The number of methoxy groups -OCH3 is 1. The standard InChI is InChI=1S/C16H17ClN4O5/c1-4-26-15(23)11-8-18-21(2)13(11)20-16(24)19-9-5-6-12(17)10(7-9)14(22)25-3/h5-8H,4H2,1-3H3,(H2,19,20,24). The van der Waals surface area contributed by atoms with Gasteiger partial charge in [0.1, 0.15) is 11.4 Å². The number of carbonyl (C=O) groups is 3. The molecule has 0 aliphatic rings.